The van der Waals surface area contributed by atoms with Crippen molar-refractivity contribution < 1.29 is 14.0 Å². The molecule has 170 valence electrons. The van der Waals surface area contributed by atoms with Crippen molar-refractivity contribution in [1.82, 2.24) is 15.1 Å². The van der Waals surface area contributed by atoms with Crippen molar-refractivity contribution in [3.05, 3.63) is 70.5 Å². The van der Waals surface area contributed by atoms with Crippen LogP contribution < -0.4 is 5.32 Å². The fourth-order valence-electron chi connectivity index (χ4n) is 4.86. The molecule has 1 saturated carbocycles. The predicted octanol–water partition coefficient (Wildman–Crippen LogP) is 4.11. The molecule has 0 spiro atoms. The van der Waals surface area contributed by atoms with Crippen LogP contribution in [0.3, 0.4) is 0 Å². The Morgan fingerprint density at radius 3 is 2.31 bits per heavy atom. The number of rotatable bonds is 6. The number of hydrogen-bond donors (Lipinski definition) is 1. The summed E-state index contributed by atoms with van der Waals surface area (Å²) in [4.78, 5) is 30.1. The van der Waals surface area contributed by atoms with Crippen LogP contribution in [0.4, 0.5) is 4.39 Å². The topological polar surface area (TPSA) is 52.7 Å². The number of benzene rings is 2. The van der Waals surface area contributed by atoms with Crippen LogP contribution in [0, 0.1) is 11.7 Å². The van der Waals surface area contributed by atoms with Gasteiger partial charge in [0.2, 0.25) is 5.91 Å². The molecule has 2 aromatic carbocycles. The zero-order chi connectivity index (χ0) is 22.5. The summed E-state index contributed by atoms with van der Waals surface area (Å²) in [6.45, 7) is 2.63. The molecular weight excluding hydrogens is 429 g/mol. The molecule has 1 atom stereocenters. The summed E-state index contributed by atoms with van der Waals surface area (Å²) in [5.41, 5.74) is 1.11. The maximum absolute atomic E-state index is 14.0. The van der Waals surface area contributed by atoms with E-state index in [2.05, 4.69) is 10.2 Å². The molecular formula is C25H29ClFN3O2. The van der Waals surface area contributed by atoms with Crippen LogP contribution in [0.2, 0.25) is 5.02 Å². The van der Waals surface area contributed by atoms with E-state index < -0.39 is 0 Å². The van der Waals surface area contributed by atoms with Crippen molar-refractivity contribution in [3.63, 3.8) is 0 Å². The Bertz CT molecular complexity index is 938. The van der Waals surface area contributed by atoms with Gasteiger partial charge < -0.3 is 10.2 Å². The van der Waals surface area contributed by atoms with E-state index in [9.17, 15) is 14.0 Å². The van der Waals surface area contributed by atoms with Crippen molar-refractivity contribution >= 4 is 23.4 Å². The minimum atomic E-state index is -0.306. The maximum Gasteiger partial charge on any atom is 0.253 e. The number of piperazine rings is 1. The third kappa shape index (κ3) is 5.30. The molecule has 0 bridgehead atoms. The number of carbonyl (C=O) groups is 2. The first-order chi connectivity index (χ1) is 15.5. The van der Waals surface area contributed by atoms with E-state index >= 15 is 0 Å². The fraction of sp³-hybridized carbons (Fsp3) is 0.440. The van der Waals surface area contributed by atoms with Crippen molar-refractivity contribution in [3.8, 4) is 0 Å². The Hall–Kier alpha value is -2.44. The lowest BCUT2D eigenvalue weighted by Gasteiger charge is -2.40. The van der Waals surface area contributed by atoms with Crippen LogP contribution in [0.1, 0.15) is 41.6 Å². The highest BCUT2D eigenvalue weighted by Crippen LogP contribution is 2.31. The van der Waals surface area contributed by atoms with E-state index in [4.69, 9.17) is 11.6 Å². The molecule has 1 aliphatic carbocycles. The minimum absolute atomic E-state index is 0.0114. The Labute approximate surface area is 193 Å². The molecule has 1 unspecified atom stereocenters. The van der Waals surface area contributed by atoms with E-state index in [0.29, 0.717) is 48.2 Å². The van der Waals surface area contributed by atoms with Gasteiger partial charge in [0, 0.05) is 48.9 Å². The van der Waals surface area contributed by atoms with Gasteiger partial charge in [-0.25, -0.2) is 4.39 Å². The zero-order valence-electron chi connectivity index (χ0n) is 18.1. The smallest absolute Gasteiger partial charge is 0.253 e. The van der Waals surface area contributed by atoms with Crippen molar-refractivity contribution in [2.45, 2.75) is 38.3 Å². The Balaban J connectivity index is 1.39. The third-order valence-electron chi connectivity index (χ3n) is 6.61. The van der Waals surface area contributed by atoms with Gasteiger partial charge in [0.1, 0.15) is 5.82 Å². The van der Waals surface area contributed by atoms with E-state index in [-0.39, 0.29) is 30.2 Å². The number of halogens is 2. The third-order valence-corrected chi connectivity index (χ3v) is 6.86. The van der Waals surface area contributed by atoms with Gasteiger partial charge in [-0.1, -0.05) is 42.6 Å². The van der Waals surface area contributed by atoms with Gasteiger partial charge in [0.05, 0.1) is 6.04 Å². The largest absolute Gasteiger partial charge is 0.351 e. The molecule has 7 heteroatoms. The van der Waals surface area contributed by atoms with Gasteiger partial charge in [-0.15, -0.1) is 0 Å². The average molecular weight is 458 g/mol. The number of carbonyl (C=O) groups excluding carboxylic acids is 2. The van der Waals surface area contributed by atoms with Crippen LogP contribution in [0.15, 0.2) is 48.5 Å². The highest BCUT2D eigenvalue weighted by atomic mass is 35.5. The predicted molar refractivity (Wildman–Crippen MR) is 123 cm³/mol. The molecule has 0 aromatic heterocycles. The van der Waals surface area contributed by atoms with Crippen molar-refractivity contribution in [2.24, 2.45) is 5.92 Å². The molecule has 1 aliphatic heterocycles. The van der Waals surface area contributed by atoms with Gasteiger partial charge in [-0.2, -0.15) is 0 Å². The lowest BCUT2D eigenvalue weighted by molar-refractivity contribution is -0.129. The van der Waals surface area contributed by atoms with E-state index in [0.717, 1.165) is 25.7 Å². The monoisotopic (exact) mass is 457 g/mol. The first-order valence-electron chi connectivity index (χ1n) is 11.3. The first kappa shape index (κ1) is 22.7. The molecule has 1 N–H and O–H groups in total. The number of hydrogen-bond acceptors (Lipinski definition) is 3. The van der Waals surface area contributed by atoms with E-state index in [1.807, 2.05) is 4.90 Å². The molecule has 2 fully saturated rings. The second-order valence-electron chi connectivity index (χ2n) is 8.63. The molecule has 32 heavy (non-hydrogen) atoms. The second-order valence-corrected chi connectivity index (χ2v) is 9.07. The normalized spacial score (nSPS) is 18.5. The average Bonchev–Trinajstić information content (AvgIpc) is 3.33. The van der Waals surface area contributed by atoms with Crippen LogP contribution in [0.5, 0.6) is 0 Å². The highest BCUT2D eigenvalue weighted by molar-refractivity contribution is 6.30. The Kier molecular flexibility index (Phi) is 7.43. The lowest BCUT2D eigenvalue weighted by Crippen LogP contribution is -2.57. The molecule has 0 radical (unpaired) electrons. The first-order valence-corrected chi connectivity index (χ1v) is 11.7. The summed E-state index contributed by atoms with van der Waals surface area (Å²) in [5, 5.41) is 3.57. The van der Waals surface area contributed by atoms with E-state index in [1.165, 1.54) is 6.07 Å². The van der Waals surface area contributed by atoms with Crippen LogP contribution in [-0.2, 0) is 11.3 Å². The highest BCUT2D eigenvalue weighted by Gasteiger charge is 2.37. The molecule has 1 heterocycles. The summed E-state index contributed by atoms with van der Waals surface area (Å²) < 4.78 is 14.0. The summed E-state index contributed by atoms with van der Waals surface area (Å²) in [6.07, 6.45) is 4.33. The molecule has 2 amide bonds. The van der Waals surface area contributed by atoms with Gasteiger partial charge in [-0.05, 0) is 49.1 Å². The molecule has 2 aromatic rings. The standard InChI is InChI=1S/C25H29ClFN3O2/c26-21-11-9-19(10-12-21)25(32)30-15-13-29(14-16-30)23(18-5-1-2-6-18)24(31)28-17-20-7-3-4-8-22(20)27/h3-4,7-12,18,23H,1-2,5-6,13-17H2,(H,28,31). The van der Waals surface area contributed by atoms with Gasteiger partial charge in [-0.3, -0.25) is 14.5 Å². The quantitative estimate of drug-likeness (QED) is 0.710. The molecule has 2 aliphatic rings. The van der Waals surface area contributed by atoms with Crippen molar-refractivity contribution in [1.29, 1.82) is 0 Å². The van der Waals surface area contributed by atoms with Gasteiger partial charge in [0.25, 0.3) is 5.91 Å². The number of nitrogens with one attached hydrogen (secondary N) is 1. The zero-order valence-corrected chi connectivity index (χ0v) is 18.9. The molecule has 5 nitrogen and oxygen atoms in total. The summed E-state index contributed by atoms with van der Waals surface area (Å²) >= 11 is 5.93. The lowest BCUT2D eigenvalue weighted by atomic mass is 9.94. The Morgan fingerprint density at radius 1 is 1.00 bits per heavy atom. The number of nitrogens with zero attached hydrogens (tertiary/aromatic N) is 2. The summed E-state index contributed by atoms with van der Waals surface area (Å²) in [6, 6.07) is 13.2. The fourth-order valence-corrected chi connectivity index (χ4v) is 4.98. The van der Waals surface area contributed by atoms with E-state index in [1.54, 1.807) is 42.5 Å². The van der Waals surface area contributed by atoms with Crippen LogP contribution >= 0.6 is 11.6 Å². The van der Waals surface area contributed by atoms with Crippen LogP contribution in [0.25, 0.3) is 0 Å². The maximum atomic E-state index is 14.0. The number of amides is 2. The van der Waals surface area contributed by atoms with Crippen molar-refractivity contribution in [2.75, 3.05) is 26.2 Å². The van der Waals surface area contributed by atoms with Gasteiger partial charge >= 0.3 is 0 Å². The summed E-state index contributed by atoms with van der Waals surface area (Å²) in [5.74, 6) is -0.0611. The van der Waals surface area contributed by atoms with Crippen LogP contribution in [-0.4, -0.2) is 53.8 Å². The Morgan fingerprint density at radius 2 is 1.66 bits per heavy atom. The molecule has 4 rings (SSSR count). The molecule has 1 saturated heterocycles. The minimum Gasteiger partial charge on any atom is -0.351 e. The van der Waals surface area contributed by atoms with Gasteiger partial charge in [0.15, 0.2) is 0 Å². The second kappa shape index (κ2) is 10.5. The summed E-state index contributed by atoms with van der Waals surface area (Å²) in [7, 11) is 0. The SMILES string of the molecule is O=C(NCc1ccccc1F)C(C1CCCC1)N1CCN(C(=O)c2ccc(Cl)cc2)CC1.